The number of aromatic hydroxyl groups is 2. The summed E-state index contributed by atoms with van der Waals surface area (Å²) in [6.07, 6.45) is 0.644. The second kappa shape index (κ2) is 5.97. The van der Waals surface area contributed by atoms with Crippen molar-refractivity contribution in [2.45, 2.75) is 6.42 Å². The van der Waals surface area contributed by atoms with E-state index in [1.165, 1.54) is 18.2 Å². The Kier molecular flexibility index (Phi) is 4.10. The molecule has 104 valence electrons. The predicted molar refractivity (Wildman–Crippen MR) is 76.7 cm³/mol. The van der Waals surface area contributed by atoms with Crippen LogP contribution in [0.25, 0.3) is 0 Å². The molecule has 0 radical (unpaired) electrons. The third kappa shape index (κ3) is 3.41. The molecule has 0 aliphatic heterocycles. The van der Waals surface area contributed by atoms with Crippen LogP contribution in [0.1, 0.15) is 15.9 Å². The molecule has 0 aliphatic carbocycles. The van der Waals surface area contributed by atoms with Gasteiger partial charge in [-0.1, -0.05) is 12.1 Å². The van der Waals surface area contributed by atoms with Gasteiger partial charge in [0.25, 0.3) is 5.91 Å². The zero-order chi connectivity index (χ0) is 14.5. The average Bonchev–Trinajstić information content (AvgIpc) is 2.43. The first-order valence-corrected chi connectivity index (χ1v) is 6.21. The minimum atomic E-state index is -0.322. The highest BCUT2D eigenvalue weighted by molar-refractivity contribution is 5.99. The summed E-state index contributed by atoms with van der Waals surface area (Å²) in [7, 11) is 0. The molecule has 0 heterocycles. The van der Waals surface area contributed by atoms with Crippen LogP contribution in [-0.4, -0.2) is 22.7 Å². The summed E-state index contributed by atoms with van der Waals surface area (Å²) in [5.74, 6) is -0.106. The molecule has 2 rings (SSSR count). The maximum absolute atomic E-state index is 11.9. The molecular weight excluding hydrogens is 256 g/mol. The number of phenolic OH excluding ortho intramolecular Hbond substituents is 2. The predicted octanol–water partition coefficient (Wildman–Crippen LogP) is 1.65. The Bertz CT molecular complexity index is 609. The van der Waals surface area contributed by atoms with Gasteiger partial charge in [-0.25, -0.2) is 0 Å². The van der Waals surface area contributed by atoms with E-state index in [-0.39, 0.29) is 23.0 Å². The number of hydrogen-bond acceptors (Lipinski definition) is 4. The van der Waals surface area contributed by atoms with E-state index < -0.39 is 0 Å². The molecule has 0 bridgehead atoms. The highest BCUT2D eigenvalue weighted by atomic mass is 16.3. The van der Waals surface area contributed by atoms with Crippen molar-refractivity contribution in [3.8, 4) is 11.5 Å². The number of benzene rings is 2. The van der Waals surface area contributed by atoms with Crippen LogP contribution in [0, 0.1) is 0 Å². The Balaban J connectivity index is 1.92. The van der Waals surface area contributed by atoms with Gasteiger partial charge in [-0.05, 0) is 42.3 Å². The van der Waals surface area contributed by atoms with Crippen LogP contribution >= 0.6 is 0 Å². The minimum absolute atomic E-state index is 0.00267. The molecule has 0 saturated heterocycles. The maximum atomic E-state index is 11.9. The van der Waals surface area contributed by atoms with E-state index in [1.807, 2.05) is 0 Å². The van der Waals surface area contributed by atoms with Gasteiger partial charge in [0.1, 0.15) is 11.5 Å². The molecule has 20 heavy (non-hydrogen) atoms. The quantitative estimate of drug-likeness (QED) is 0.502. The third-order valence-electron chi connectivity index (χ3n) is 2.92. The van der Waals surface area contributed by atoms with Gasteiger partial charge in [-0.3, -0.25) is 4.79 Å². The van der Waals surface area contributed by atoms with Crippen molar-refractivity contribution >= 4 is 11.6 Å². The van der Waals surface area contributed by atoms with Crippen molar-refractivity contribution < 1.29 is 15.0 Å². The first-order valence-electron chi connectivity index (χ1n) is 6.21. The molecule has 5 nitrogen and oxygen atoms in total. The van der Waals surface area contributed by atoms with Crippen molar-refractivity contribution in [3.05, 3.63) is 53.6 Å². The number of nitrogens with one attached hydrogen (secondary N) is 1. The monoisotopic (exact) mass is 272 g/mol. The number of anilines is 1. The van der Waals surface area contributed by atoms with Gasteiger partial charge in [0.05, 0.1) is 5.56 Å². The normalized spacial score (nSPS) is 10.2. The molecule has 0 fully saturated rings. The van der Waals surface area contributed by atoms with Crippen molar-refractivity contribution in [3.63, 3.8) is 0 Å². The number of amides is 1. The Morgan fingerprint density at radius 1 is 1.05 bits per heavy atom. The van der Waals surface area contributed by atoms with E-state index in [1.54, 1.807) is 24.3 Å². The lowest BCUT2D eigenvalue weighted by molar-refractivity contribution is 0.0954. The van der Waals surface area contributed by atoms with E-state index in [0.717, 1.165) is 5.56 Å². The number of phenols is 2. The lowest BCUT2D eigenvalue weighted by atomic mass is 10.1. The molecule has 0 spiro atoms. The summed E-state index contributed by atoms with van der Waals surface area (Å²) in [5.41, 5.74) is 7.28. The number of nitrogen functional groups attached to an aromatic ring is 1. The van der Waals surface area contributed by atoms with Crippen molar-refractivity contribution in [2.75, 3.05) is 12.3 Å². The molecule has 2 aromatic carbocycles. The standard InChI is InChI=1S/C15H16N2O3/c16-14-6-5-12(19)9-13(14)15(20)17-8-7-10-1-3-11(18)4-2-10/h1-6,9,18-19H,7-8,16H2,(H,17,20). The van der Waals surface area contributed by atoms with Crippen LogP contribution < -0.4 is 11.1 Å². The van der Waals surface area contributed by atoms with Crippen molar-refractivity contribution in [2.24, 2.45) is 0 Å². The lowest BCUT2D eigenvalue weighted by Gasteiger charge is -2.08. The second-order valence-corrected chi connectivity index (χ2v) is 4.44. The van der Waals surface area contributed by atoms with E-state index >= 15 is 0 Å². The number of rotatable bonds is 4. The molecule has 0 saturated carbocycles. The van der Waals surface area contributed by atoms with Crippen molar-refractivity contribution in [1.29, 1.82) is 0 Å². The summed E-state index contributed by atoms with van der Waals surface area (Å²) in [5, 5.41) is 21.3. The largest absolute Gasteiger partial charge is 0.508 e. The number of nitrogens with two attached hydrogens (primary N) is 1. The van der Waals surface area contributed by atoms with Crippen LogP contribution in [0.15, 0.2) is 42.5 Å². The first-order chi connectivity index (χ1) is 9.56. The van der Waals surface area contributed by atoms with Gasteiger partial charge in [0.2, 0.25) is 0 Å². The summed E-state index contributed by atoms with van der Waals surface area (Å²) >= 11 is 0. The Hall–Kier alpha value is -2.69. The Morgan fingerprint density at radius 3 is 2.40 bits per heavy atom. The highest BCUT2D eigenvalue weighted by Crippen LogP contribution is 2.18. The van der Waals surface area contributed by atoms with Gasteiger partial charge in [-0.2, -0.15) is 0 Å². The average molecular weight is 272 g/mol. The van der Waals surface area contributed by atoms with Crippen LogP contribution in [0.3, 0.4) is 0 Å². The smallest absolute Gasteiger partial charge is 0.253 e. The van der Waals surface area contributed by atoms with Crippen LogP contribution in [-0.2, 0) is 6.42 Å². The number of carbonyl (C=O) groups excluding carboxylic acids is 1. The molecule has 5 N–H and O–H groups in total. The van der Waals surface area contributed by atoms with Gasteiger partial charge < -0.3 is 21.3 Å². The maximum Gasteiger partial charge on any atom is 0.253 e. The summed E-state index contributed by atoms with van der Waals surface area (Å²) in [6, 6.07) is 11.1. The van der Waals surface area contributed by atoms with Crippen molar-refractivity contribution in [1.82, 2.24) is 5.32 Å². The molecule has 0 unspecified atom stereocenters. The zero-order valence-electron chi connectivity index (χ0n) is 10.8. The topological polar surface area (TPSA) is 95.6 Å². The second-order valence-electron chi connectivity index (χ2n) is 4.44. The van der Waals surface area contributed by atoms with Crippen LogP contribution in [0.4, 0.5) is 5.69 Å². The molecule has 0 atom stereocenters. The minimum Gasteiger partial charge on any atom is -0.508 e. The van der Waals surface area contributed by atoms with E-state index in [0.29, 0.717) is 18.7 Å². The van der Waals surface area contributed by atoms with Gasteiger partial charge >= 0.3 is 0 Å². The SMILES string of the molecule is Nc1ccc(O)cc1C(=O)NCCc1ccc(O)cc1. The fourth-order valence-corrected chi connectivity index (χ4v) is 1.82. The van der Waals surface area contributed by atoms with E-state index in [2.05, 4.69) is 5.32 Å². The zero-order valence-corrected chi connectivity index (χ0v) is 10.8. The van der Waals surface area contributed by atoms with Gasteiger partial charge in [0, 0.05) is 12.2 Å². The van der Waals surface area contributed by atoms with Crippen LogP contribution in [0.2, 0.25) is 0 Å². The summed E-state index contributed by atoms with van der Waals surface area (Å²) in [4.78, 5) is 11.9. The fraction of sp³-hybridized carbons (Fsp3) is 0.133. The Morgan fingerprint density at radius 2 is 1.70 bits per heavy atom. The van der Waals surface area contributed by atoms with Crippen LogP contribution in [0.5, 0.6) is 11.5 Å². The summed E-state index contributed by atoms with van der Waals surface area (Å²) in [6.45, 7) is 0.443. The molecular formula is C15H16N2O3. The van der Waals surface area contributed by atoms with E-state index in [4.69, 9.17) is 10.8 Å². The lowest BCUT2D eigenvalue weighted by Crippen LogP contribution is -2.26. The van der Waals surface area contributed by atoms with Gasteiger partial charge in [-0.15, -0.1) is 0 Å². The molecule has 0 aromatic heterocycles. The molecule has 5 heteroatoms. The summed E-state index contributed by atoms with van der Waals surface area (Å²) < 4.78 is 0. The Labute approximate surface area is 116 Å². The third-order valence-corrected chi connectivity index (χ3v) is 2.92. The molecule has 1 amide bonds. The van der Waals surface area contributed by atoms with E-state index in [9.17, 15) is 9.90 Å². The highest BCUT2D eigenvalue weighted by Gasteiger charge is 2.09. The molecule has 0 aliphatic rings. The number of hydrogen-bond donors (Lipinski definition) is 4. The fourth-order valence-electron chi connectivity index (χ4n) is 1.82. The first kappa shape index (κ1) is 13.7. The van der Waals surface area contributed by atoms with Gasteiger partial charge in [0.15, 0.2) is 0 Å². The number of carbonyl (C=O) groups is 1. The molecule has 2 aromatic rings.